The van der Waals surface area contributed by atoms with Crippen LogP contribution in [0.25, 0.3) is 0 Å². The lowest BCUT2D eigenvalue weighted by Gasteiger charge is -2.34. The maximum atomic E-state index is 11.1. The van der Waals surface area contributed by atoms with Crippen LogP contribution < -0.4 is 0 Å². The fourth-order valence-corrected chi connectivity index (χ4v) is 1.48. The largest absolute Gasteiger partial charge is 0.480 e. The number of carbonyl (C=O) groups is 2. The number of carboxylic acid groups (broad SMARTS) is 1. The Bertz CT molecular complexity index is 203. The van der Waals surface area contributed by atoms with Gasteiger partial charge in [-0.1, -0.05) is 15.9 Å². The highest BCUT2D eigenvalue weighted by atomic mass is 79.9. The van der Waals surface area contributed by atoms with Crippen LogP contribution in [0.1, 0.15) is 6.42 Å². The van der Waals surface area contributed by atoms with E-state index >= 15 is 0 Å². The predicted octanol–water partition coefficient (Wildman–Crippen LogP) is 0.109. The molecule has 12 heavy (non-hydrogen) atoms. The van der Waals surface area contributed by atoms with E-state index < -0.39 is 12.0 Å². The molecular weight excluding hydrogens is 226 g/mol. The van der Waals surface area contributed by atoms with Gasteiger partial charge in [-0.3, -0.25) is 14.5 Å². The molecule has 5 heteroatoms. The van der Waals surface area contributed by atoms with Gasteiger partial charge in [0.25, 0.3) is 0 Å². The number of rotatable bonds is 4. The number of ketones is 1. The van der Waals surface area contributed by atoms with Gasteiger partial charge in [0.2, 0.25) is 0 Å². The molecule has 0 radical (unpaired) electrons. The Kier molecular flexibility index (Phi) is 3.22. The topological polar surface area (TPSA) is 57.6 Å². The first-order valence-electron chi connectivity index (χ1n) is 3.72. The molecule has 1 rings (SSSR count). The zero-order valence-electron chi connectivity index (χ0n) is 6.49. The quantitative estimate of drug-likeness (QED) is 0.556. The minimum atomic E-state index is -1.04. The van der Waals surface area contributed by atoms with Gasteiger partial charge >= 0.3 is 5.97 Å². The van der Waals surface area contributed by atoms with Gasteiger partial charge in [-0.2, -0.15) is 0 Å². The summed E-state index contributed by atoms with van der Waals surface area (Å²) in [7, 11) is 0. The normalized spacial score (nSPS) is 19.8. The lowest BCUT2D eigenvalue weighted by atomic mass is 10.1. The zero-order valence-corrected chi connectivity index (χ0v) is 8.08. The lowest BCUT2D eigenvalue weighted by Crippen LogP contribution is -2.53. The number of likely N-dealkylation sites (tertiary alicyclic amines) is 1. The van der Waals surface area contributed by atoms with Crippen molar-refractivity contribution in [3.8, 4) is 0 Å². The van der Waals surface area contributed by atoms with Crippen molar-refractivity contribution in [2.24, 2.45) is 0 Å². The molecule has 0 aromatic heterocycles. The number of carbonyl (C=O) groups excluding carboxylic acids is 1. The van der Waals surface area contributed by atoms with Gasteiger partial charge in [0, 0.05) is 13.1 Å². The Morgan fingerprint density at radius 1 is 1.50 bits per heavy atom. The molecule has 0 aromatic carbocycles. The second-order valence-electron chi connectivity index (χ2n) is 2.73. The molecule has 1 heterocycles. The molecule has 0 bridgehead atoms. The van der Waals surface area contributed by atoms with E-state index in [0.29, 0.717) is 0 Å². The monoisotopic (exact) mass is 235 g/mol. The molecule has 0 saturated carbocycles. The molecule has 1 atom stereocenters. The number of Topliss-reactive ketones (excluding diaryl/α,β-unsaturated/α-hetero) is 1. The number of halogens is 1. The molecule has 0 spiro atoms. The number of aliphatic carboxylic acids is 1. The van der Waals surface area contributed by atoms with Crippen LogP contribution in [0.2, 0.25) is 0 Å². The molecule has 0 amide bonds. The molecule has 1 fully saturated rings. The maximum Gasteiger partial charge on any atom is 0.328 e. The van der Waals surface area contributed by atoms with Crippen molar-refractivity contribution in [1.82, 2.24) is 4.90 Å². The average Bonchev–Trinajstić information content (AvgIpc) is 1.94. The van der Waals surface area contributed by atoms with Gasteiger partial charge in [-0.05, 0) is 6.42 Å². The van der Waals surface area contributed by atoms with Crippen molar-refractivity contribution in [2.75, 3.05) is 18.4 Å². The molecular formula is C7H10BrNO3. The molecule has 1 unspecified atom stereocenters. The second-order valence-corrected chi connectivity index (χ2v) is 3.29. The number of carboxylic acids is 1. The first kappa shape index (κ1) is 9.67. The Hall–Kier alpha value is -0.420. The minimum Gasteiger partial charge on any atom is -0.480 e. The van der Waals surface area contributed by atoms with E-state index in [1.54, 1.807) is 4.90 Å². The molecule has 4 nitrogen and oxygen atoms in total. The van der Waals surface area contributed by atoms with Gasteiger partial charge in [0.05, 0.1) is 5.33 Å². The molecule has 0 aromatic rings. The van der Waals surface area contributed by atoms with E-state index in [1.165, 1.54) is 0 Å². The number of nitrogens with zero attached hydrogens (tertiary/aromatic N) is 1. The first-order chi connectivity index (χ1) is 5.66. The summed E-state index contributed by atoms with van der Waals surface area (Å²) in [4.78, 5) is 23.4. The standard InChI is InChI=1S/C7H10BrNO3/c8-4-5(10)6(7(11)12)9-2-1-3-9/h6H,1-4H2,(H,11,12). The van der Waals surface area contributed by atoms with Crippen molar-refractivity contribution in [3.63, 3.8) is 0 Å². The molecule has 1 aliphatic rings. The highest BCUT2D eigenvalue weighted by molar-refractivity contribution is 9.09. The van der Waals surface area contributed by atoms with E-state index in [4.69, 9.17) is 5.11 Å². The van der Waals surface area contributed by atoms with Crippen molar-refractivity contribution in [1.29, 1.82) is 0 Å². The zero-order chi connectivity index (χ0) is 9.14. The van der Waals surface area contributed by atoms with Crippen molar-refractivity contribution in [3.05, 3.63) is 0 Å². The van der Waals surface area contributed by atoms with Crippen LogP contribution in [0.4, 0.5) is 0 Å². The molecule has 68 valence electrons. The van der Waals surface area contributed by atoms with Crippen LogP contribution in [0.5, 0.6) is 0 Å². The van der Waals surface area contributed by atoms with Gasteiger partial charge in [0.15, 0.2) is 11.8 Å². The summed E-state index contributed by atoms with van der Waals surface area (Å²) in [5.41, 5.74) is 0. The van der Waals surface area contributed by atoms with Crippen molar-refractivity contribution in [2.45, 2.75) is 12.5 Å². The summed E-state index contributed by atoms with van der Waals surface area (Å²) >= 11 is 2.97. The van der Waals surface area contributed by atoms with E-state index in [1.807, 2.05) is 0 Å². The molecule has 0 aliphatic carbocycles. The SMILES string of the molecule is O=C(O)C(C(=O)CBr)N1CCC1. The van der Waals surface area contributed by atoms with E-state index in [-0.39, 0.29) is 11.1 Å². The van der Waals surface area contributed by atoms with Crippen LogP contribution in [-0.4, -0.2) is 46.2 Å². The Balaban J connectivity index is 2.59. The maximum absolute atomic E-state index is 11.1. The number of alkyl halides is 1. The summed E-state index contributed by atoms with van der Waals surface area (Å²) in [6, 6.07) is -0.932. The second kappa shape index (κ2) is 4.00. The van der Waals surface area contributed by atoms with E-state index in [9.17, 15) is 9.59 Å². The average molecular weight is 236 g/mol. The van der Waals surface area contributed by atoms with Gasteiger partial charge in [-0.15, -0.1) is 0 Å². The summed E-state index contributed by atoms with van der Waals surface area (Å²) in [6.07, 6.45) is 0.985. The minimum absolute atomic E-state index is 0.112. The van der Waals surface area contributed by atoms with Crippen LogP contribution in [-0.2, 0) is 9.59 Å². The number of hydrogen-bond acceptors (Lipinski definition) is 3. The van der Waals surface area contributed by atoms with Gasteiger partial charge in [0.1, 0.15) is 0 Å². The smallest absolute Gasteiger partial charge is 0.328 e. The van der Waals surface area contributed by atoms with E-state index in [0.717, 1.165) is 19.5 Å². The fourth-order valence-electron chi connectivity index (χ4n) is 1.17. The highest BCUT2D eigenvalue weighted by Gasteiger charge is 2.34. The van der Waals surface area contributed by atoms with Crippen LogP contribution in [0.3, 0.4) is 0 Å². The van der Waals surface area contributed by atoms with E-state index in [2.05, 4.69) is 15.9 Å². The highest BCUT2D eigenvalue weighted by Crippen LogP contribution is 2.12. The number of hydrogen-bond donors (Lipinski definition) is 1. The van der Waals surface area contributed by atoms with Gasteiger partial charge < -0.3 is 5.11 Å². The Labute approximate surface area is 78.7 Å². The third-order valence-electron chi connectivity index (χ3n) is 1.93. The molecule has 1 saturated heterocycles. The molecule has 1 N–H and O–H groups in total. The van der Waals surface area contributed by atoms with Crippen LogP contribution in [0, 0.1) is 0 Å². The predicted molar refractivity (Wildman–Crippen MR) is 46.4 cm³/mol. The summed E-state index contributed by atoms with van der Waals surface area (Å²) in [5, 5.41) is 8.84. The van der Waals surface area contributed by atoms with Gasteiger partial charge in [-0.25, -0.2) is 0 Å². The third kappa shape index (κ3) is 1.84. The first-order valence-corrected chi connectivity index (χ1v) is 4.84. The fraction of sp³-hybridized carbons (Fsp3) is 0.714. The third-order valence-corrected chi connectivity index (χ3v) is 2.48. The lowest BCUT2D eigenvalue weighted by molar-refractivity contribution is -0.149. The van der Waals surface area contributed by atoms with Crippen LogP contribution in [0.15, 0.2) is 0 Å². The summed E-state index contributed by atoms with van der Waals surface area (Å²) in [6.45, 7) is 1.44. The van der Waals surface area contributed by atoms with Crippen LogP contribution >= 0.6 is 15.9 Å². The van der Waals surface area contributed by atoms with Crippen molar-refractivity contribution >= 4 is 27.7 Å². The molecule has 1 aliphatic heterocycles. The Morgan fingerprint density at radius 2 is 2.08 bits per heavy atom. The summed E-state index contributed by atoms with van der Waals surface area (Å²) in [5.74, 6) is -1.32. The summed E-state index contributed by atoms with van der Waals surface area (Å²) < 4.78 is 0. The Morgan fingerprint density at radius 3 is 2.33 bits per heavy atom. The van der Waals surface area contributed by atoms with Crippen molar-refractivity contribution < 1.29 is 14.7 Å².